The number of aliphatic hydroxyl groups excluding tert-OH is 1. The second-order valence-corrected chi connectivity index (χ2v) is 4.65. The van der Waals surface area contributed by atoms with Crippen LogP contribution in [0.3, 0.4) is 0 Å². The summed E-state index contributed by atoms with van der Waals surface area (Å²) in [6.07, 6.45) is 3.66. The standard InChI is InChI=1S/C13H16N4O/c14-9-3-4-11-12(6-9)15-8-16-13(11)17-5-1-2-10(17)7-18/h3-4,6,8,10,18H,1-2,5,7,14H2. The lowest BCUT2D eigenvalue weighted by molar-refractivity contribution is 0.266. The van der Waals surface area contributed by atoms with Crippen molar-refractivity contribution in [3.8, 4) is 0 Å². The maximum absolute atomic E-state index is 9.41. The number of anilines is 2. The number of nitrogen functional groups attached to an aromatic ring is 1. The summed E-state index contributed by atoms with van der Waals surface area (Å²) in [6.45, 7) is 1.10. The third-order valence-corrected chi connectivity index (χ3v) is 3.50. The second kappa shape index (κ2) is 4.42. The van der Waals surface area contributed by atoms with E-state index in [0.29, 0.717) is 5.69 Å². The Kier molecular flexibility index (Phi) is 2.76. The first-order valence-electron chi connectivity index (χ1n) is 6.17. The zero-order chi connectivity index (χ0) is 12.5. The van der Waals surface area contributed by atoms with Crippen LogP contribution in [0.1, 0.15) is 12.8 Å². The summed E-state index contributed by atoms with van der Waals surface area (Å²) >= 11 is 0. The van der Waals surface area contributed by atoms with E-state index in [9.17, 15) is 5.11 Å². The Labute approximate surface area is 105 Å². The highest BCUT2D eigenvalue weighted by Crippen LogP contribution is 2.29. The lowest BCUT2D eigenvalue weighted by Gasteiger charge is -2.25. The summed E-state index contributed by atoms with van der Waals surface area (Å²) in [6, 6.07) is 5.83. The minimum absolute atomic E-state index is 0.167. The molecule has 1 aromatic heterocycles. The van der Waals surface area contributed by atoms with Crippen molar-refractivity contribution in [3.05, 3.63) is 24.5 Å². The lowest BCUT2D eigenvalue weighted by atomic mass is 10.2. The number of nitrogens with two attached hydrogens (primary N) is 1. The van der Waals surface area contributed by atoms with Gasteiger partial charge in [-0.1, -0.05) is 0 Å². The predicted molar refractivity (Wildman–Crippen MR) is 71.4 cm³/mol. The first kappa shape index (κ1) is 11.2. The third-order valence-electron chi connectivity index (χ3n) is 3.50. The fraction of sp³-hybridized carbons (Fsp3) is 0.385. The summed E-state index contributed by atoms with van der Waals surface area (Å²) < 4.78 is 0. The van der Waals surface area contributed by atoms with E-state index in [2.05, 4.69) is 14.9 Å². The highest BCUT2D eigenvalue weighted by Gasteiger charge is 2.26. The van der Waals surface area contributed by atoms with Gasteiger partial charge in [-0.2, -0.15) is 0 Å². The van der Waals surface area contributed by atoms with Crippen LogP contribution in [-0.4, -0.2) is 34.3 Å². The Bertz CT molecular complexity index is 572. The molecular formula is C13H16N4O. The van der Waals surface area contributed by atoms with Crippen molar-refractivity contribution >= 4 is 22.4 Å². The predicted octanol–water partition coefficient (Wildman–Crippen LogP) is 1.17. The molecule has 5 nitrogen and oxygen atoms in total. The molecule has 1 aromatic carbocycles. The van der Waals surface area contributed by atoms with Crippen LogP contribution in [0.5, 0.6) is 0 Å². The second-order valence-electron chi connectivity index (χ2n) is 4.65. The minimum Gasteiger partial charge on any atom is -0.399 e. The number of nitrogens with zero attached hydrogens (tertiary/aromatic N) is 3. The van der Waals surface area contributed by atoms with Crippen LogP contribution in [0.2, 0.25) is 0 Å². The molecule has 3 N–H and O–H groups in total. The molecule has 0 radical (unpaired) electrons. The van der Waals surface area contributed by atoms with E-state index in [1.807, 2.05) is 18.2 Å². The van der Waals surface area contributed by atoms with E-state index >= 15 is 0 Å². The van der Waals surface area contributed by atoms with E-state index in [0.717, 1.165) is 36.1 Å². The van der Waals surface area contributed by atoms with E-state index in [-0.39, 0.29) is 12.6 Å². The number of aromatic nitrogens is 2. The van der Waals surface area contributed by atoms with Crippen molar-refractivity contribution in [2.24, 2.45) is 0 Å². The molecule has 2 heterocycles. The van der Waals surface area contributed by atoms with Crippen molar-refractivity contribution in [1.82, 2.24) is 9.97 Å². The third kappa shape index (κ3) is 1.76. The Morgan fingerprint density at radius 2 is 2.28 bits per heavy atom. The smallest absolute Gasteiger partial charge is 0.140 e. The van der Waals surface area contributed by atoms with Crippen LogP contribution in [-0.2, 0) is 0 Å². The van der Waals surface area contributed by atoms with Gasteiger partial charge in [-0.3, -0.25) is 0 Å². The van der Waals surface area contributed by atoms with Crippen LogP contribution in [0.25, 0.3) is 10.9 Å². The zero-order valence-electron chi connectivity index (χ0n) is 10.1. The van der Waals surface area contributed by atoms with Crippen molar-refractivity contribution < 1.29 is 5.11 Å². The van der Waals surface area contributed by atoms with E-state index < -0.39 is 0 Å². The molecule has 1 fully saturated rings. The van der Waals surface area contributed by atoms with Crippen LogP contribution < -0.4 is 10.6 Å². The van der Waals surface area contributed by atoms with Gasteiger partial charge in [0.15, 0.2) is 0 Å². The van der Waals surface area contributed by atoms with Gasteiger partial charge in [-0.05, 0) is 31.0 Å². The summed E-state index contributed by atoms with van der Waals surface area (Å²) in [7, 11) is 0. The molecule has 0 amide bonds. The van der Waals surface area contributed by atoms with Gasteiger partial charge in [0.25, 0.3) is 0 Å². The molecule has 3 rings (SSSR count). The highest BCUT2D eigenvalue weighted by atomic mass is 16.3. The van der Waals surface area contributed by atoms with Gasteiger partial charge in [-0.15, -0.1) is 0 Å². The molecule has 0 bridgehead atoms. The van der Waals surface area contributed by atoms with Crippen LogP contribution in [0.4, 0.5) is 11.5 Å². The van der Waals surface area contributed by atoms with Gasteiger partial charge in [0.05, 0.1) is 18.2 Å². The molecular weight excluding hydrogens is 228 g/mol. The largest absolute Gasteiger partial charge is 0.399 e. The normalized spacial score (nSPS) is 19.6. The van der Waals surface area contributed by atoms with Gasteiger partial charge in [-0.25, -0.2) is 9.97 Å². The fourth-order valence-corrected chi connectivity index (χ4v) is 2.59. The molecule has 18 heavy (non-hydrogen) atoms. The zero-order valence-corrected chi connectivity index (χ0v) is 10.1. The average molecular weight is 244 g/mol. The molecule has 0 saturated carbocycles. The first-order chi connectivity index (χ1) is 8.79. The Balaban J connectivity index is 2.11. The highest BCUT2D eigenvalue weighted by molar-refractivity contribution is 5.91. The van der Waals surface area contributed by atoms with Crippen LogP contribution in [0.15, 0.2) is 24.5 Å². The Morgan fingerprint density at radius 1 is 1.39 bits per heavy atom. The Hall–Kier alpha value is -1.88. The van der Waals surface area contributed by atoms with E-state index in [1.165, 1.54) is 0 Å². The van der Waals surface area contributed by atoms with Crippen LogP contribution >= 0.6 is 0 Å². The molecule has 94 valence electrons. The van der Waals surface area contributed by atoms with Gasteiger partial charge >= 0.3 is 0 Å². The molecule has 1 aliphatic rings. The van der Waals surface area contributed by atoms with Gasteiger partial charge in [0, 0.05) is 17.6 Å². The Morgan fingerprint density at radius 3 is 3.11 bits per heavy atom. The molecule has 1 aliphatic heterocycles. The van der Waals surface area contributed by atoms with Crippen molar-refractivity contribution in [2.45, 2.75) is 18.9 Å². The summed E-state index contributed by atoms with van der Waals surface area (Å²) in [4.78, 5) is 10.8. The summed E-state index contributed by atoms with van der Waals surface area (Å²) in [5.41, 5.74) is 7.32. The van der Waals surface area contributed by atoms with Crippen LogP contribution in [0, 0.1) is 0 Å². The van der Waals surface area contributed by atoms with Crippen molar-refractivity contribution in [3.63, 3.8) is 0 Å². The monoisotopic (exact) mass is 244 g/mol. The number of hydrogen-bond donors (Lipinski definition) is 2. The number of hydrogen-bond acceptors (Lipinski definition) is 5. The molecule has 5 heteroatoms. The molecule has 0 spiro atoms. The molecule has 1 saturated heterocycles. The first-order valence-corrected chi connectivity index (χ1v) is 6.17. The molecule has 1 unspecified atom stereocenters. The molecule has 0 aliphatic carbocycles. The minimum atomic E-state index is 0.167. The number of rotatable bonds is 2. The van der Waals surface area contributed by atoms with Gasteiger partial charge in [0.1, 0.15) is 12.1 Å². The topological polar surface area (TPSA) is 75.3 Å². The number of benzene rings is 1. The average Bonchev–Trinajstić information content (AvgIpc) is 2.85. The summed E-state index contributed by atoms with van der Waals surface area (Å²) in [5, 5.41) is 10.4. The molecule has 2 aromatic rings. The maximum Gasteiger partial charge on any atom is 0.140 e. The number of fused-ring (bicyclic) bond motifs is 1. The van der Waals surface area contributed by atoms with Gasteiger partial charge < -0.3 is 15.7 Å². The summed E-state index contributed by atoms with van der Waals surface area (Å²) in [5.74, 6) is 0.900. The maximum atomic E-state index is 9.41. The lowest BCUT2D eigenvalue weighted by Crippen LogP contribution is -2.32. The van der Waals surface area contributed by atoms with Crippen molar-refractivity contribution in [2.75, 3.05) is 23.8 Å². The van der Waals surface area contributed by atoms with Crippen molar-refractivity contribution in [1.29, 1.82) is 0 Å². The quantitative estimate of drug-likeness (QED) is 0.776. The van der Waals surface area contributed by atoms with E-state index in [1.54, 1.807) is 6.33 Å². The fourth-order valence-electron chi connectivity index (χ4n) is 2.59. The van der Waals surface area contributed by atoms with Gasteiger partial charge in [0.2, 0.25) is 0 Å². The molecule has 1 atom stereocenters. The number of aliphatic hydroxyl groups is 1. The SMILES string of the molecule is Nc1ccc2c(N3CCCC3CO)ncnc2c1. The van der Waals surface area contributed by atoms with E-state index in [4.69, 9.17) is 5.73 Å².